The molecule has 0 radical (unpaired) electrons. The van der Waals surface area contributed by atoms with Crippen molar-refractivity contribution in [1.29, 1.82) is 0 Å². The molecule has 0 aliphatic heterocycles. The minimum Gasteiger partial charge on any atom is -0.336 e. The Balaban J connectivity index is 1.72. The van der Waals surface area contributed by atoms with E-state index in [-0.39, 0.29) is 0 Å². The molecule has 0 aliphatic carbocycles. The fourth-order valence-corrected chi connectivity index (χ4v) is 3.80. The lowest BCUT2D eigenvalue weighted by molar-refractivity contribution is 0.756. The van der Waals surface area contributed by atoms with Crippen molar-refractivity contribution in [2.45, 2.75) is 56.3 Å². The number of aryl methyl sites for hydroxylation is 2. The van der Waals surface area contributed by atoms with Gasteiger partial charge in [0, 0.05) is 24.3 Å². The lowest BCUT2D eigenvalue weighted by atomic mass is 10.3. The summed E-state index contributed by atoms with van der Waals surface area (Å²) in [4.78, 5) is 0. The number of thioether (sulfide) groups is 2. The molecule has 4 N–H and O–H groups in total. The molecule has 0 fully saturated rings. The third-order valence-corrected chi connectivity index (χ3v) is 5.23. The van der Waals surface area contributed by atoms with Gasteiger partial charge in [0.25, 0.3) is 0 Å². The fourth-order valence-electron chi connectivity index (χ4n) is 1.99. The smallest absolute Gasteiger partial charge is 0.209 e. The Morgan fingerprint density at radius 3 is 1.61 bits per heavy atom. The van der Waals surface area contributed by atoms with E-state index >= 15 is 0 Å². The molecular formula is C13H24N8S2. The van der Waals surface area contributed by atoms with E-state index in [0.717, 1.165) is 65.6 Å². The van der Waals surface area contributed by atoms with Crippen LogP contribution in [-0.2, 0) is 12.8 Å². The topological polar surface area (TPSA) is 113 Å². The van der Waals surface area contributed by atoms with E-state index < -0.39 is 0 Å². The van der Waals surface area contributed by atoms with E-state index in [1.807, 2.05) is 0 Å². The Labute approximate surface area is 144 Å². The molecule has 0 spiro atoms. The number of hydrogen-bond acceptors (Lipinski definition) is 8. The zero-order valence-corrected chi connectivity index (χ0v) is 15.2. The molecule has 128 valence electrons. The number of rotatable bonds is 10. The number of nitrogens with zero attached hydrogens (tertiary/aromatic N) is 6. The Hall–Kier alpha value is -1.42. The van der Waals surface area contributed by atoms with Crippen molar-refractivity contribution in [2.24, 2.45) is 0 Å². The van der Waals surface area contributed by atoms with Crippen LogP contribution in [0.2, 0.25) is 0 Å². The van der Waals surface area contributed by atoms with Gasteiger partial charge in [0.2, 0.25) is 10.3 Å². The lowest BCUT2D eigenvalue weighted by Gasteiger charge is -2.04. The van der Waals surface area contributed by atoms with Crippen LogP contribution in [0.4, 0.5) is 0 Å². The second kappa shape index (κ2) is 9.02. The van der Waals surface area contributed by atoms with Crippen molar-refractivity contribution in [2.75, 3.05) is 23.2 Å². The number of nitrogens with two attached hydrogens (primary N) is 2. The van der Waals surface area contributed by atoms with Crippen LogP contribution in [0.1, 0.15) is 44.8 Å². The largest absolute Gasteiger partial charge is 0.336 e. The first-order valence-electron chi connectivity index (χ1n) is 7.81. The molecule has 2 aromatic heterocycles. The summed E-state index contributed by atoms with van der Waals surface area (Å²) in [7, 11) is 0. The molecule has 0 atom stereocenters. The standard InChI is InChI=1S/C13H24N8S2/c1-3-6-10-16-18-12(20(10)14)22-8-5-9-23-13-19-17-11(7-4-2)21(13)15/h3-9,14-15H2,1-2H3. The van der Waals surface area contributed by atoms with Crippen molar-refractivity contribution < 1.29 is 0 Å². The third kappa shape index (κ3) is 4.77. The molecule has 0 saturated heterocycles. The lowest BCUT2D eigenvalue weighted by Crippen LogP contribution is -2.14. The highest BCUT2D eigenvalue weighted by molar-refractivity contribution is 8.00. The summed E-state index contributed by atoms with van der Waals surface area (Å²) in [5.74, 6) is 15.5. The van der Waals surface area contributed by atoms with Gasteiger partial charge >= 0.3 is 0 Å². The molecule has 2 aromatic rings. The molecule has 2 rings (SSSR count). The first kappa shape index (κ1) is 17.9. The van der Waals surface area contributed by atoms with Crippen LogP contribution in [0.5, 0.6) is 0 Å². The second-order valence-electron chi connectivity index (χ2n) is 5.09. The van der Waals surface area contributed by atoms with E-state index in [2.05, 4.69) is 34.2 Å². The van der Waals surface area contributed by atoms with E-state index in [0.29, 0.717) is 0 Å². The zero-order chi connectivity index (χ0) is 16.7. The SMILES string of the molecule is CCCc1nnc(SCCCSc2nnc(CCC)n2N)n1N. The van der Waals surface area contributed by atoms with E-state index in [1.165, 1.54) is 0 Å². The highest BCUT2D eigenvalue weighted by Gasteiger charge is 2.11. The van der Waals surface area contributed by atoms with Gasteiger partial charge < -0.3 is 11.7 Å². The molecule has 0 saturated carbocycles. The second-order valence-corrected chi connectivity index (χ2v) is 7.21. The van der Waals surface area contributed by atoms with Gasteiger partial charge in [-0.15, -0.1) is 20.4 Å². The molecule has 2 heterocycles. The Bertz CT molecular complexity index is 557. The molecule has 0 aromatic carbocycles. The molecule has 8 nitrogen and oxygen atoms in total. The van der Waals surface area contributed by atoms with Crippen molar-refractivity contribution in [3.8, 4) is 0 Å². The average Bonchev–Trinajstić information content (AvgIpc) is 3.06. The molecule has 0 aliphatic rings. The van der Waals surface area contributed by atoms with E-state index in [9.17, 15) is 0 Å². The molecule has 23 heavy (non-hydrogen) atoms. The predicted octanol–water partition coefficient (Wildman–Crippen LogP) is 1.48. The molecule has 10 heteroatoms. The number of nitrogen functional groups attached to an aromatic ring is 2. The highest BCUT2D eigenvalue weighted by Crippen LogP contribution is 2.20. The quantitative estimate of drug-likeness (QED) is 0.374. The highest BCUT2D eigenvalue weighted by atomic mass is 32.2. The summed E-state index contributed by atoms with van der Waals surface area (Å²) >= 11 is 3.25. The monoisotopic (exact) mass is 356 g/mol. The maximum Gasteiger partial charge on any atom is 0.209 e. The summed E-state index contributed by atoms with van der Waals surface area (Å²) in [6.45, 7) is 4.20. The van der Waals surface area contributed by atoms with Crippen molar-refractivity contribution in [3.63, 3.8) is 0 Å². The minimum atomic E-state index is 0.769. The predicted molar refractivity (Wildman–Crippen MR) is 94.4 cm³/mol. The maximum atomic E-state index is 5.97. The summed E-state index contributed by atoms with van der Waals surface area (Å²) in [5, 5.41) is 18.0. The summed E-state index contributed by atoms with van der Waals surface area (Å²) < 4.78 is 3.18. The molecular weight excluding hydrogens is 332 g/mol. The normalized spacial score (nSPS) is 11.2. The first-order chi connectivity index (χ1) is 11.2. The van der Waals surface area contributed by atoms with E-state index in [4.69, 9.17) is 11.7 Å². The minimum absolute atomic E-state index is 0.769. The maximum absolute atomic E-state index is 5.97. The summed E-state index contributed by atoms with van der Waals surface area (Å²) in [5.41, 5.74) is 0. The van der Waals surface area contributed by atoms with Crippen LogP contribution in [0.3, 0.4) is 0 Å². The van der Waals surface area contributed by atoms with Gasteiger partial charge in [-0.25, -0.2) is 9.35 Å². The van der Waals surface area contributed by atoms with E-state index in [1.54, 1.807) is 32.9 Å². The average molecular weight is 357 g/mol. The molecule has 0 unspecified atom stereocenters. The zero-order valence-electron chi connectivity index (χ0n) is 13.6. The summed E-state index contributed by atoms with van der Waals surface area (Å²) in [6, 6.07) is 0. The van der Waals surface area contributed by atoms with Gasteiger partial charge in [0.15, 0.2) is 11.6 Å². The summed E-state index contributed by atoms with van der Waals surface area (Å²) in [6.07, 6.45) is 4.73. The Morgan fingerprint density at radius 2 is 1.22 bits per heavy atom. The van der Waals surface area contributed by atoms with Gasteiger partial charge in [-0.2, -0.15) is 0 Å². The van der Waals surface area contributed by atoms with Gasteiger partial charge in [0.1, 0.15) is 0 Å². The van der Waals surface area contributed by atoms with Crippen LogP contribution in [0, 0.1) is 0 Å². The first-order valence-corrected chi connectivity index (χ1v) is 9.78. The Kier molecular flexibility index (Phi) is 7.03. The van der Waals surface area contributed by atoms with Gasteiger partial charge in [-0.3, -0.25) is 0 Å². The number of aromatic nitrogens is 6. The fraction of sp³-hybridized carbons (Fsp3) is 0.692. The van der Waals surface area contributed by atoms with Crippen LogP contribution in [0.15, 0.2) is 10.3 Å². The third-order valence-electron chi connectivity index (χ3n) is 3.17. The van der Waals surface area contributed by atoms with Crippen LogP contribution >= 0.6 is 23.5 Å². The van der Waals surface area contributed by atoms with Gasteiger partial charge in [-0.1, -0.05) is 37.4 Å². The molecule has 0 amide bonds. The van der Waals surface area contributed by atoms with Crippen molar-refractivity contribution >= 4 is 23.5 Å². The van der Waals surface area contributed by atoms with Gasteiger partial charge in [0.05, 0.1) is 0 Å². The van der Waals surface area contributed by atoms with Crippen LogP contribution in [-0.4, -0.2) is 41.3 Å². The Morgan fingerprint density at radius 1 is 0.783 bits per heavy atom. The van der Waals surface area contributed by atoms with Gasteiger partial charge in [-0.05, 0) is 19.3 Å². The van der Waals surface area contributed by atoms with Crippen molar-refractivity contribution in [3.05, 3.63) is 11.6 Å². The molecule has 0 bridgehead atoms. The van der Waals surface area contributed by atoms with Crippen LogP contribution in [0.25, 0.3) is 0 Å². The van der Waals surface area contributed by atoms with Crippen LogP contribution < -0.4 is 11.7 Å². The number of hydrogen-bond donors (Lipinski definition) is 2. The van der Waals surface area contributed by atoms with Crippen molar-refractivity contribution in [1.82, 2.24) is 29.7 Å².